The van der Waals surface area contributed by atoms with Gasteiger partial charge in [0.1, 0.15) is 0 Å². The quantitative estimate of drug-likeness (QED) is 0.576. The molecule has 0 unspecified atom stereocenters. The normalized spacial score (nSPS) is 11.9. The van der Waals surface area contributed by atoms with E-state index in [1.807, 2.05) is 42.3 Å². The van der Waals surface area contributed by atoms with Gasteiger partial charge in [-0.2, -0.15) is 0 Å². The van der Waals surface area contributed by atoms with Crippen LogP contribution in [0.5, 0.6) is 0 Å². The largest absolute Gasteiger partial charge is 0.285 e. The standard InChI is InChI=1S/C6H18N3OP.CH2Cl2/c1-7(2)11(10,8(3)4)9(5)6;2-1-3/h1-6H3;1H2. The summed E-state index contributed by atoms with van der Waals surface area (Å²) in [5.41, 5.74) is 0. The van der Waals surface area contributed by atoms with Crippen LogP contribution in [0.15, 0.2) is 0 Å². The van der Waals surface area contributed by atoms with E-state index in [4.69, 9.17) is 23.2 Å². The van der Waals surface area contributed by atoms with Crippen LogP contribution in [-0.4, -0.2) is 61.6 Å². The zero-order chi connectivity index (χ0) is 11.9. The van der Waals surface area contributed by atoms with Crippen LogP contribution in [0.25, 0.3) is 0 Å². The molecule has 0 aromatic rings. The molecule has 4 nitrogen and oxygen atoms in total. The van der Waals surface area contributed by atoms with Crippen LogP contribution in [0.3, 0.4) is 0 Å². The van der Waals surface area contributed by atoms with Crippen LogP contribution in [0.1, 0.15) is 0 Å². The molecule has 0 atom stereocenters. The first-order valence-electron chi connectivity index (χ1n) is 4.00. The van der Waals surface area contributed by atoms with E-state index in [2.05, 4.69) is 0 Å². The Kier molecular flexibility index (Phi) is 9.66. The fourth-order valence-electron chi connectivity index (χ4n) is 1.07. The first-order valence-corrected chi connectivity index (χ1v) is 6.63. The second kappa shape index (κ2) is 7.91. The molecule has 0 amide bonds. The van der Waals surface area contributed by atoms with Crippen molar-refractivity contribution in [1.82, 2.24) is 14.0 Å². The molecule has 0 radical (unpaired) electrons. The molecule has 0 aliphatic rings. The van der Waals surface area contributed by atoms with Crippen LogP contribution in [0.4, 0.5) is 0 Å². The molecule has 0 spiro atoms. The lowest BCUT2D eigenvalue weighted by molar-refractivity contribution is 0.383. The summed E-state index contributed by atoms with van der Waals surface area (Å²) in [6.07, 6.45) is 0. The van der Waals surface area contributed by atoms with Gasteiger partial charge in [0.05, 0.1) is 5.34 Å². The monoisotopic (exact) mass is 263 g/mol. The van der Waals surface area contributed by atoms with Gasteiger partial charge in [-0.15, -0.1) is 23.2 Å². The van der Waals surface area contributed by atoms with Crippen LogP contribution in [0, 0.1) is 0 Å². The molecule has 0 fully saturated rings. The van der Waals surface area contributed by atoms with Crippen molar-refractivity contribution in [1.29, 1.82) is 0 Å². The third-order valence-corrected chi connectivity index (χ3v) is 4.69. The average Bonchev–Trinajstić information content (AvgIpc) is 2.03. The Labute approximate surface area is 97.3 Å². The predicted octanol–water partition coefficient (Wildman–Crippen LogP) is 2.20. The van der Waals surface area contributed by atoms with Crippen molar-refractivity contribution in [2.24, 2.45) is 0 Å². The number of alkyl halides is 2. The number of hydrogen-bond acceptors (Lipinski definition) is 1. The van der Waals surface area contributed by atoms with Crippen molar-refractivity contribution < 1.29 is 4.57 Å². The summed E-state index contributed by atoms with van der Waals surface area (Å²) in [6, 6.07) is 0. The van der Waals surface area contributed by atoms with Gasteiger partial charge in [-0.05, 0) is 42.3 Å². The van der Waals surface area contributed by atoms with Gasteiger partial charge in [0.25, 0.3) is 7.59 Å². The Morgan fingerprint density at radius 2 is 1.00 bits per heavy atom. The minimum Gasteiger partial charge on any atom is -0.270 e. The fraction of sp³-hybridized carbons (Fsp3) is 1.00. The first-order chi connectivity index (χ1) is 6.24. The second-order valence-electron chi connectivity index (χ2n) is 3.16. The molecule has 0 bridgehead atoms. The van der Waals surface area contributed by atoms with Gasteiger partial charge in [-0.3, -0.25) is 4.57 Å². The highest BCUT2D eigenvalue weighted by molar-refractivity contribution is 7.56. The molecular weight excluding hydrogens is 244 g/mol. The van der Waals surface area contributed by atoms with E-state index < -0.39 is 7.59 Å². The molecule has 7 heteroatoms. The number of halogens is 2. The minimum atomic E-state index is -2.44. The molecule has 0 rings (SSSR count). The zero-order valence-electron chi connectivity index (χ0n) is 9.66. The Morgan fingerprint density at radius 3 is 1.00 bits per heavy atom. The summed E-state index contributed by atoms with van der Waals surface area (Å²) >= 11 is 9.53. The summed E-state index contributed by atoms with van der Waals surface area (Å²) in [5, 5.41) is 0.194. The Morgan fingerprint density at radius 1 is 0.857 bits per heavy atom. The lowest BCUT2D eigenvalue weighted by Crippen LogP contribution is -2.30. The zero-order valence-corrected chi connectivity index (χ0v) is 12.1. The van der Waals surface area contributed by atoms with Crippen molar-refractivity contribution >= 4 is 30.8 Å². The van der Waals surface area contributed by atoms with Crippen LogP contribution in [0.2, 0.25) is 0 Å². The van der Waals surface area contributed by atoms with E-state index in [1.165, 1.54) is 0 Å². The molecule has 14 heavy (non-hydrogen) atoms. The highest BCUT2D eigenvalue weighted by atomic mass is 35.5. The van der Waals surface area contributed by atoms with Crippen LogP contribution >= 0.6 is 30.8 Å². The van der Waals surface area contributed by atoms with Gasteiger partial charge < -0.3 is 0 Å². The number of nitrogens with zero attached hydrogens (tertiary/aromatic N) is 3. The smallest absolute Gasteiger partial charge is 0.270 e. The molecule has 0 saturated carbocycles. The van der Waals surface area contributed by atoms with Crippen molar-refractivity contribution in [2.75, 3.05) is 47.6 Å². The summed E-state index contributed by atoms with van der Waals surface area (Å²) in [5.74, 6) is 0. The molecule has 0 aromatic heterocycles. The molecule has 0 saturated heterocycles. The highest BCUT2D eigenvalue weighted by Crippen LogP contribution is 2.50. The van der Waals surface area contributed by atoms with Gasteiger partial charge in [-0.1, -0.05) is 0 Å². The maximum atomic E-state index is 12.1. The Hall–Kier alpha value is 0.690. The molecular formula is C7H20Cl2N3OP. The molecule has 0 aliphatic heterocycles. The van der Waals surface area contributed by atoms with Crippen LogP contribution < -0.4 is 0 Å². The fourth-order valence-corrected chi connectivity index (χ4v) is 3.22. The first kappa shape index (κ1) is 17.1. The van der Waals surface area contributed by atoms with Crippen molar-refractivity contribution in [3.63, 3.8) is 0 Å². The SMILES string of the molecule is CN(C)P(=O)(N(C)C)N(C)C.ClCCl. The van der Waals surface area contributed by atoms with Gasteiger partial charge in [-0.25, -0.2) is 14.0 Å². The summed E-state index contributed by atoms with van der Waals surface area (Å²) in [7, 11) is 8.49. The summed E-state index contributed by atoms with van der Waals surface area (Å²) in [4.78, 5) is 0. The van der Waals surface area contributed by atoms with Gasteiger partial charge >= 0.3 is 0 Å². The van der Waals surface area contributed by atoms with E-state index in [0.717, 1.165) is 0 Å². The Bertz CT molecular complexity index is 159. The lowest BCUT2D eigenvalue weighted by Gasteiger charge is -2.34. The van der Waals surface area contributed by atoms with Crippen molar-refractivity contribution in [3.8, 4) is 0 Å². The second-order valence-corrected chi connectivity index (χ2v) is 7.39. The average molecular weight is 264 g/mol. The summed E-state index contributed by atoms with van der Waals surface area (Å²) < 4.78 is 17.3. The van der Waals surface area contributed by atoms with Crippen LogP contribution in [-0.2, 0) is 4.57 Å². The van der Waals surface area contributed by atoms with E-state index in [9.17, 15) is 4.57 Å². The number of hydrogen-bond donors (Lipinski definition) is 0. The topological polar surface area (TPSA) is 26.8 Å². The number of rotatable bonds is 3. The lowest BCUT2D eigenvalue weighted by atomic mass is 11.2. The van der Waals surface area contributed by atoms with E-state index in [-0.39, 0.29) is 5.34 Å². The third-order valence-electron chi connectivity index (χ3n) is 1.56. The van der Waals surface area contributed by atoms with Gasteiger partial charge in [0, 0.05) is 0 Å². The maximum Gasteiger partial charge on any atom is 0.285 e. The molecule has 0 heterocycles. The maximum absolute atomic E-state index is 12.1. The van der Waals surface area contributed by atoms with E-state index >= 15 is 0 Å². The molecule has 0 N–H and O–H groups in total. The Balaban J connectivity index is 0. The predicted molar refractivity (Wildman–Crippen MR) is 65.2 cm³/mol. The summed E-state index contributed by atoms with van der Waals surface area (Å²) in [6.45, 7) is 0. The highest BCUT2D eigenvalue weighted by Gasteiger charge is 2.30. The van der Waals surface area contributed by atoms with E-state index in [0.29, 0.717) is 0 Å². The third kappa shape index (κ3) is 4.96. The van der Waals surface area contributed by atoms with Gasteiger partial charge in [0.2, 0.25) is 0 Å². The van der Waals surface area contributed by atoms with E-state index in [1.54, 1.807) is 14.0 Å². The minimum absolute atomic E-state index is 0.194. The molecule has 88 valence electrons. The molecule has 0 aliphatic carbocycles. The van der Waals surface area contributed by atoms with Gasteiger partial charge in [0.15, 0.2) is 0 Å². The molecule has 0 aromatic carbocycles. The van der Waals surface area contributed by atoms with Crippen molar-refractivity contribution in [3.05, 3.63) is 0 Å². The van der Waals surface area contributed by atoms with Crippen molar-refractivity contribution in [2.45, 2.75) is 0 Å².